The van der Waals surface area contributed by atoms with Crippen LogP contribution < -0.4 is 15.2 Å². The molecule has 1 aromatic rings. The van der Waals surface area contributed by atoms with Gasteiger partial charge in [0.05, 0.1) is 20.3 Å². The van der Waals surface area contributed by atoms with Crippen molar-refractivity contribution in [1.82, 2.24) is 0 Å². The number of rotatable bonds is 14. The Morgan fingerprint density at radius 2 is 1.36 bits per heavy atom. The van der Waals surface area contributed by atoms with Gasteiger partial charge < -0.3 is 39.3 Å². The minimum Gasteiger partial charge on any atom is -0.480 e. The average molecular weight is 556 g/mol. The SMILES string of the molecule is CCC(C)COC(=O)Oc1ccc(C(C(C)C(C)OC(=O)OC)[C@H](N)C(=O)O)cc1OC(=O)OCC(C)CC. The van der Waals surface area contributed by atoms with E-state index in [0.29, 0.717) is 5.56 Å². The van der Waals surface area contributed by atoms with Crippen molar-refractivity contribution >= 4 is 24.4 Å². The van der Waals surface area contributed by atoms with Crippen molar-refractivity contribution in [3.8, 4) is 11.5 Å². The summed E-state index contributed by atoms with van der Waals surface area (Å²) in [6.45, 7) is 11.1. The first kappa shape index (κ1) is 33.5. The molecule has 3 N–H and O–H groups in total. The molecule has 0 fully saturated rings. The van der Waals surface area contributed by atoms with Crippen LogP contribution in [0.4, 0.5) is 14.4 Å². The quantitative estimate of drug-likeness (QED) is 0.177. The molecule has 0 bridgehead atoms. The largest absolute Gasteiger partial charge is 0.513 e. The van der Waals surface area contributed by atoms with Crippen LogP contribution in [0.5, 0.6) is 11.5 Å². The highest BCUT2D eigenvalue weighted by Gasteiger charge is 2.36. The summed E-state index contributed by atoms with van der Waals surface area (Å²) in [7, 11) is 1.15. The second-order valence-corrected chi connectivity index (χ2v) is 9.59. The molecule has 1 aromatic carbocycles. The molecule has 220 valence electrons. The van der Waals surface area contributed by atoms with Crippen molar-refractivity contribution in [3.63, 3.8) is 0 Å². The third-order valence-corrected chi connectivity index (χ3v) is 6.53. The zero-order valence-corrected chi connectivity index (χ0v) is 23.6. The second kappa shape index (κ2) is 16.4. The monoisotopic (exact) mass is 555 g/mol. The summed E-state index contributed by atoms with van der Waals surface area (Å²) in [5, 5.41) is 9.68. The van der Waals surface area contributed by atoms with Gasteiger partial charge in [-0.3, -0.25) is 4.79 Å². The van der Waals surface area contributed by atoms with Crippen molar-refractivity contribution in [1.29, 1.82) is 0 Å². The normalized spacial score (nSPS) is 15.5. The van der Waals surface area contributed by atoms with Gasteiger partial charge >= 0.3 is 24.4 Å². The Kier molecular flexibility index (Phi) is 14.1. The summed E-state index contributed by atoms with van der Waals surface area (Å²) in [5.41, 5.74) is 6.36. The molecule has 0 heterocycles. The maximum atomic E-state index is 12.4. The van der Waals surface area contributed by atoms with E-state index in [0.717, 1.165) is 20.0 Å². The average Bonchev–Trinajstić information content (AvgIpc) is 2.91. The van der Waals surface area contributed by atoms with Crippen LogP contribution in [0.15, 0.2) is 18.2 Å². The van der Waals surface area contributed by atoms with Gasteiger partial charge in [-0.2, -0.15) is 0 Å². The van der Waals surface area contributed by atoms with Gasteiger partial charge in [0, 0.05) is 11.8 Å². The van der Waals surface area contributed by atoms with Crippen LogP contribution in [0, 0.1) is 17.8 Å². The number of hydrogen-bond donors (Lipinski definition) is 2. The number of carbonyl (C=O) groups is 4. The highest BCUT2D eigenvalue weighted by atomic mass is 16.7. The van der Waals surface area contributed by atoms with Gasteiger partial charge in [-0.15, -0.1) is 0 Å². The molecule has 0 aliphatic carbocycles. The first-order valence-corrected chi connectivity index (χ1v) is 12.9. The summed E-state index contributed by atoms with van der Waals surface area (Å²) in [5.74, 6) is -3.02. The standard InChI is InChI=1S/C27H41NO11/c1-8-15(3)13-35-26(32)38-20-11-10-19(12-21(20)39-27(33)36-14-16(4)9-2)22(23(28)24(29)30)17(5)18(6)37-25(31)34-7/h10-12,15-18,22-23H,8-9,13-14,28H2,1-7H3,(H,29,30)/t15?,16?,17?,18?,22?,23-/m0/s1. The van der Waals surface area contributed by atoms with E-state index in [1.165, 1.54) is 18.2 Å². The molecule has 0 radical (unpaired) electrons. The predicted molar refractivity (Wildman–Crippen MR) is 140 cm³/mol. The first-order chi connectivity index (χ1) is 18.3. The fraction of sp³-hybridized carbons (Fsp3) is 0.630. The summed E-state index contributed by atoms with van der Waals surface area (Å²) < 4.78 is 30.6. The van der Waals surface area contributed by atoms with E-state index >= 15 is 0 Å². The second-order valence-electron chi connectivity index (χ2n) is 9.59. The minimum absolute atomic E-state index is 0.0882. The Balaban J connectivity index is 3.40. The summed E-state index contributed by atoms with van der Waals surface area (Å²) in [4.78, 5) is 48.2. The summed E-state index contributed by atoms with van der Waals surface area (Å²) >= 11 is 0. The predicted octanol–water partition coefficient (Wildman–Crippen LogP) is 5.11. The molecule has 0 saturated carbocycles. The van der Waals surface area contributed by atoms with Gasteiger partial charge in [0.1, 0.15) is 12.1 Å². The smallest absolute Gasteiger partial charge is 0.480 e. The number of carboxylic acids is 1. The lowest BCUT2D eigenvalue weighted by atomic mass is 9.79. The topological polar surface area (TPSA) is 170 Å². The zero-order valence-electron chi connectivity index (χ0n) is 23.6. The van der Waals surface area contributed by atoms with E-state index in [1.54, 1.807) is 13.8 Å². The molecule has 0 aliphatic heterocycles. The lowest BCUT2D eigenvalue weighted by Crippen LogP contribution is -2.42. The highest BCUT2D eigenvalue weighted by molar-refractivity contribution is 5.75. The number of aliphatic carboxylic acids is 1. The Morgan fingerprint density at radius 1 is 0.846 bits per heavy atom. The number of hydrogen-bond acceptors (Lipinski definition) is 11. The van der Waals surface area contributed by atoms with Crippen LogP contribution in [0.25, 0.3) is 0 Å². The first-order valence-electron chi connectivity index (χ1n) is 12.9. The molecule has 0 saturated heterocycles. The lowest BCUT2D eigenvalue weighted by Gasteiger charge is -2.31. The van der Waals surface area contributed by atoms with Crippen LogP contribution in [0.1, 0.15) is 65.9 Å². The van der Waals surface area contributed by atoms with Gasteiger partial charge in [0.25, 0.3) is 0 Å². The molecule has 12 heteroatoms. The summed E-state index contributed by atoms with van der Waals surface area (Å²) in [6.07, 6.45) is -2.22. The zero-order chi connectivity index (χ0) is 29.7. The maximum Gasteiger partial charge on any atom is 0.513 e. The Labute approximate surface area is 229 Å². The van der Waals surface area contributed by atoms with E-state index in [9.17, 15) is 24.3 Å². The number of benzene rings is 1. The van der Waals surface area contributed by atoms with Gasteiger partial charge in [0.15, 0.2) is 11.5 Å². The molecule has 1 rings (SSSR count). The number of carboxylic acid groups (broad SMARTS) is 1. The van der Waals surface area contributed by atoms with Crippen LogP contribution >= 0.6 is 0 Å². The lowest BCUT2D eigenvalue weighted by molar-refractivity contribution is -0.139. The van der Waals surface area contributed by atoms with E-state index in [-0.39, 0.29) is 36.5 Å². The van der Waals surface area contributed by atoms with Crippen LogP contribution in [-0.2, 0) is 23.7 Å². The van der Waals surface area contributed by atoms with Gasteiger partial charge in [-0.1, -0.05) is 53.5 Å². The Morgan fingerprint density at radius 3 is 1.82 bits per heavy atom. The number of nitrogens with two attached hydrogens (primary N) is 1. The molecular weight excluding hydrogens is 514 g/mol. The van der Waals surface area contributed by atoms with E-state index in [4.69, 9.17) is 29.4 Å². The fourth-order valence-corrected chi connectivity index (χ4v) is 3.38. The van der Waals surface area contributed by atoms with E-state index in [2.05, 4.69) is 4.74 Å². The molecule has 5 unspecified atom stereocenters. The minimum atomic E-state index is -1.43. The summed E-state index contributed by atoms with van der Waals surface area (Å²) in [6, 6.07) is 2.71. The van der Waals surface area contributed by atoms with Crippen molar-refractivity contribution in [2.45, 2.75) is 72.4 Å². The number of methoxy groups -OCH3 is 1. The molecule has 0 aromatic heterocycles. The number of ether oxygens (including phenoxy) is 6. The van der Waals surface area contributed by atoms with Crippen molar-refractivity contribution in [2.24, 2.45) is 23.5 Å². The molecule has 39 heavy (non-hydrogen) atoms. The third-order valence-electron chi connectivity index (χ3n) is 6.53. The van der Waals surface area contributed by atoms with Crippen LogP contribution in [0.3, 0.4) is 0 Å². The van der Waals surface area contributed by atoms with Gasteiger partial charge in [-0.05, 0) is 36.5 Å². The molecule has 12 nitrogen and oxygen atoms in total. The van der Waals surface area contributed by atoms with Gasteiger partial charge in [0.2, 0.25) is 0 Å². The Hall–Kier alpha value is -3.54. The molecule has 0 amide bonds. The van der Waals surface area contributed by atoms with Crippen LogP contribution in [0.2, 0.25) is 0 Å². The van der Waals surface area contributed by atoms with E-state index in [1.807, 2.05) is 27.7 Å². The third kappa shape index (κ3) is 11.0. The fourth-order valence-electron chi connectivity index (χ4n) is 3.38. The van der Waals surface area contributed by atoms with Gasteiger partial charge in [-0.25, -0.2) is 14.4 Å². The van der Waals surface area contributed by atoms with Crippen LogP contribution in [-0.4, -0.2) is 62.0 Å². The van der Waals surface area contributed by atoms with Crippen molar-refractivity contribution in [3.05, 3.63) is 23.8 Å². The number of carbonyl (C=O) groups excluding carboxylic acids is 3. The van der Waals surface area contributed by atoms with Crippen molar-refractivity contribution in [2.75, 3.05) is 20.3 Å². The molecule has 0 spiro atoms. The molecular formula is C27H41NO11. The maximum absolute atomic E-state index is 12.4. The molecule has 6 atom stereocenters. The van der Waals surface area contributed by atoms with Crippen molar-refractivity contribution < 1.29 is 52.7 Å². The highest BCUT2D eigenvalue weighted by Crippen LogP contribution is 2.37. The molecule has 0 aliphatic rings. The Bertz CT molecular complexity index is 967. The van der Waals surface area contributed by atoms with E-state index < -0.39 is 48.4 Å².